The second-order valence-electron chi connectivity index (χ2n) is 7.65. The van der Waals surface area contributed by atoms with E-state index < -0.39 is 0 Å². The number of hydrogen-bond acceptors (Lipinski definition) is 5. The van der Waals surface area contributed by atoms with Gasteiger partial charge in [-0.2, -0.15) is 0 Å². The number of imidazole rings is 1. The summed E-state index contributed by atoms with van der Waals surface area (Å²) in [6, 6.07) is 0. The van der Waals surface area contributed by atoms with Crippen LogP contribution in [0.15, 0.2) is 31.1 Å². The highest BCUT2D eigenvalue weighted by Gasteiger charge is 2.38. The highest BCUT2D eigenvalue weighted by Crippen LogP contribution is 2.41. The summed E-state index contributed by atoms with van der Waals surface area (Å²) in [6.07, 6.45) is 15.4. The van der Waals surface area contributed by atoms with Crippen molar-refractivity contribution in [2.24, 2.45) is 12.5 Å². The fraction of sp³-hybridized carbons (Fsp3) is 0.632. The van der Waals surface area contributed by atoms with Crippen LogP contribution in [0, 0.1) is 5.41 Å². The Morgan fingerprint density at radius 1 is 1.20 bits per heavy atom. The molecule has 6 nitrogen and oxygen atoms in total. The van der Waals surface area contributed by atoms with Gasteiger partial charge in [0, 0.05) is 38.3 Å². The number of aromatic nitrogens is 4. The molecule has 0 aromatic carbocycles. The molecule has 2 aromatic rings. The van der Waals surface area contributed by atoms with Crippen molar-refractivity contribution in [1.82, 2.24) is 24.4 Å². The third-order valence-corrected chi connectivity index (χ3v) is 5.90. The molecule has 4 rings (SSSR count). The average molecular weight is 341 g/mol. The molecule has 0 radical (unpaired) electrons. The van der Waals surface area contributed by atoms with Crippen LogP contribution in [0.4, 0.5) is 0 Å². The average Bonchev–Trinajstić information content (AvgIpc) is 3.05. The molecule has 2 aliphatic heterocycles. The normalized spacial score (nSPS) is 23.8. The van der Waals surface area contributed by atoms with Gasteiger partial charge in [0.15, 0.2) is 0 Å². The molecule has 2 aliphatic rings. The van der Waals surface area contributed by atoms with E-state index in [1.807, 2.05) is 24.8 Å². The molecule has 1 unspecified atom stereocenters. The van der Waals surface area contributed by atoms with Crippen LogP contribution in [-0.2, 0) is 24.8 Å². The van der Waals surface area contributed by atoms with Crippen LogP contribution < -0.4 is 0 Å². The number of rotatable bonds is 4. The van der Waals surface area contributed by atoms with Crippen molar-refractivity contribution < 1.29 is 4.74 Å². The topological polar surface area (TPSA) is 56.1 Å². The maximum absolute atomic E-state index is 6.24. The minimum Gasteiger partial charge on any atom is -0.377 e. The Morgan fingerprint density at radius 3 is 2.64 bits per heavy atom. The zero-order valence-electron chi connectivity index (χ0n) is 15.0. The SMILES string of the molecule is Cn1ccnc1CN1CCC2(CCC(Cc3cncnc3)OC2)CC1. The summed E-state index contributed by atoms with van der Waals surface area (Å²) >= 11 is 0. The number of piperidine rings is 1. The molecular weight excluding hydrogens is 314 g/mol. The first kappa shape index (κ1) is 16.7. The Morgan fingerprint density at radius 2 is 2.00 bits per heavy atom. The first-order chi connectivity index (χ1) is 12.2. The van der Waals surface area contributed by atoms with Gasteiger partial charge in [-0.1, -0.05) is 0 Å². The lowest BCUT2D eigenvalue weighted by molar-refractivity contribution is -0.0860. The van der Waals surface area contributed by atoms with Crippen LogP contribution >= 0.6 is 0 Å². The van der Waals surface area contributed by atoms with Crippen molar-refractivity contribution in [2.75, 3.05) is 19.7 Å². The van der Waals surface area contributed by atoms with Gasteiger partial charge in [0.05, 0.1) is 19.3 Å². The van der Waals surface area contributed by atoms with Crippen LogP contribution in [0.5, 0.6) is 0 Å². The van der Waals surface area contributed by atoms with E-state index in [0.717, 1.165) is 44.9 Å². The summed E-state index contributed by atoms with van der Waals surface area (Å²) in [6.45, 7) is 4.15. The lowest BCUT2D eigenvalue weighted by Crippen LogP contribution is -2.46. The number of aryl methyl sites for hydroxylation is 1. The molecule has 2 saturated heterocycles. The molecular formula is C19H27N5O. The predicted octanol–water partition coefficient (Wildman–Crippen LogP) is 2.21. The maximum Gasteiger partial charge on any atom is 0.122 e. The van der Waals surface area contributed by atoms with Crippen LogP contribution in [0.1, 0.15) is 37.1 Å². The van der Waals surface area contributed by atoms with Crippen LogP contribution in [0.25, 0.3) is 0 Å². The molecule has 0 aliphatic carbocycles. The largest absolute Gasteiger partial charge is 0.377 e. The van der Waals surface area contributed by atoms with Gasteiger partial charge in [0.1, 0.15) is 12.2 Å². The lowest BCUT2D eigenvalue weighted by atomic mass is 9.73. The highest BCUT2D eigenvalue weighted by molar-refractivity contribution is 5.05. The zero-order valence-corrected chi connectivity index (χ0v) is 15.0. The summed E-state index contributed by atoms with van der Waals surface area (Å²) in [5.74, 6) is 1.15. The number of ether oxygens (including phenoxy) is 1. The predicted molar refractivity (Wildman–Crippen MR) is 94.9 cm³/mol. The van der Waals surface area contributed by atoms with Gasteiger partial charge < -0.3 is 9.30 Å². The van der Waals surface area contributed by atoms with Gasteiger partial charge >= 0.3 is 0 Å². The van der Waals surface area contributed by atoms with Crippen molar-refractivity contribution in [2.45, 2.75) is 44.8 Å². The van der Waals surface area contributed by atoms with E-state index >= 15 is 0 Å². The van der Waals surface area contributed by atoms with Gasteiger partial charge in [-0.25, -0.2) is 15.0 Å². The molecule has 0 bridgehead atoms. The van der Waals surface area contributed by atoms with E-state index in [-0.39, 0.29) is 0 Å². The van der Waals surface area contributed by atoms with Gasteiger partial charge in [-0.05, 0) is 49.8 Å². The third kappa shape index (κ3) is 3.90. The molecule has 0 amide bonds. The van der Waals surface area contributed by atoms with Gasteiger partial charge in [-0.3, -0.25) is 4.90 Å². The van der Waals surface area contributed by atoms with Gasteiger partial charge in [-0.15, -0.1) is 0 Å². The molecule has 1 spiro atoms. The third-order valence-electron chi connectivity index (χ3n) is 5.90. The van der Waals surface area contributed by atoms with Gasteiger partial charge in [0.2, 0.25) is 0 Å². The van der Waals surface area contributed by atoms with E-state index in [4.69, 9.17) is 4.74 Å². The second-order valence-corrected chi connectivity index (χ2v) is 7.65. The van der Waals surface area contributed by atoms with Crippen molar-refractivity contribution in [1.29, 1.82) is 0 Å². The van der Waals surface area contributed by atoms with E-state index in [9.17, 15) is 0 Å². The summed E-state index contributed by atoms with van der Waals surface area (Å²) in [5, 5.41) is 0. The number of hydrogen-bond donors (Lipinski definition) is 0. The van der Waals surface area contributed by atoms with E-state index in [1.54, 1.807) is 6.33 Å². The summed E-state index contributed by atoms with van der Waals surface area (Å²) in [5.41, 5.74) is 1.57. The van der Waals surface area contributed by atoms with Crippen molar-refractivity contribution in [3.8, 4) is 0 Å². The Balaban J connectivity index is 1.26. The number of nitrogens with zero attached hydrogens (tertiary/aromatic N) is 5. The zero-order chi connectivity index (χ0) is 17.1. The van der Waals surface area contributed by atoms with Crippen LogP contribution in [0.2, 0.25) is 0 Å². The van der Waals surface area contributed by atoms with Crippen molar-refractivity contribution in [3.63, 3.8) is 0 Å². The molecule has 25 heavy (non-hydrogen) atoms. The summed E-state index contributed by atoms with van der Waals surface area (Å²) < 4.78 is 8.36. The Bertz CT molecular complexity index is 668. The minimum atomic E-state index is 0.322. The fourth-order valence-electron chi connectivity index (χ4n) is 4.11. The van der Waals surface area contributed by atoms with Crippen molar-refractivity contribution >= 4 is 0 Å². The first-order valence-corrected chi connectivity index (χ1v) is 9.27. The monoisotopic (exact) mass is 341 g/mol. The van der Waals surface area contributed by atoms with Crippen LogP contribution in [0.3, 0.4) is 0 Å². The molecule has 2 aromatic heterocycles. The highest BCUT2D eigenvalue weighted by atomic mass is 16.5. The molecule has 0 N–H and O–H groups in total. The second kappa shape index (κ2) is 7.22. The van der Waals surface area contributed by atoms with E-state index in [1.165, 1.54) is 24.8 Å². The maximum atomic E-state index is 6.24. The standard InChI is InChI=1S/C19H27N5O/c1-23-9-6-22-18(23)13-24-7-4-19(5-8-24)3-2-17(25-14-19)10-16-11-20-15-21-12-16/h6,9,11-12,15,17H,2-5,7-8,10,13-14H2,1H3. The molecule has 4 heterocycles. The molecule has 134 valence electrons. The molecule has 1 atom stereocenters. The van der Waals surface area contributed by atoms with E-state index in [0.29, 0.717) is 11.5 Å². The molecule has 0 saturated carbocycles. The first-order valence-electron chi connectivity index (χ1n) is 9.27. The number of likely N-dealkylation sites (tertiary alicyclic amines) is 1. The minimum absolute atomic E-state index is 0.322. The smallest absolute Gasteiger partial charge is 0.122 e. The Labute approximate surface area is 149 Å². The quantitative estimate of drug-likeness (QED) is 0.853. The van der Waals surface area contributed by atoms with Crippen molar-refractivity contribution in [3.05, 3.63) is 42.5 Å². The Kier molecular flexibility index (Phi) is 4.81. The molecule has 2 fully saturated rings. The summed E-state index contributed by atoms with van der Waals surface area (Å²) in [7, 11) is 2.07. The van der Waals surface area contributed by atoms with E-state index in [2.05, 4.69) is 31.5 Å². The molecule has 6 heteroatoms. The fourth-order valence-corrected chi connectivity index (χ4v) is 4.11. The Hall–Kier alpha value is -1.79. The lowest BCUT2D eigenvalue weighted by Gasteiger charge is -2.45. The van der Waals surface area contributed by atoms with Crippen LogP contribution in [-0.4, -0.2) is 50.2 Å². The summed E-state index contributed by atoms with van der Waals surface area (Å²) in [4.78, 5) is 15.2. The van der Waals surface area contributed by atoms with Gasteiger partial charge in [0.25, 0.3) is 0 Å².